The fraction of sp³-hybridized carbons (Fsp3) is 0.250. The van der Waals surface area contributed by atoms with Crippen LogP contribution in [0.5, 0.6) is 0 Å². The molecule has 2 aromatic heterocycles. The molecule has 0 aliphatic carbocycles. The van der Waals surface area contributed by atoms with Crippen LogP contribution >= 0.6 is 34.7 Å². The first-order chi connectivity index (χ1) is 7.28. The van der Waals surface area contributed by atoms with Crippen LogP contribution in [0.15, 0.2) is 21.5 Å². The molecular weight excluding hydrogens is 252 g/mol. The van der Waals surface area contributed by atoms with Crippen molar-refractivity contribution < 1.29 is 0 Å². The third kappa shape index (κ3) is 2.87. The molecule has 4 nitrogen and oxygen atoms in total. The highest BCUT2D eigenvalue weighted by atomic mass is 35.5. The molecule has 0 aromatic carbocycles. The summed E-state index contributed by atoms with van der Waals surface area (Å²) in [4.78, 5) is 0. The summed E-state index contributed by atoms with van der Waals surface area (Å²) in [6, 6.07) is 3.52. The van der Waals surface area contributed by atoms with Crippen LogP contribution in [0.1, 0.15) is 11.9 Å². The Kier molecular flexibility index (Phi) is 3.50. The lowest BCUT2D eigenvalue weighted by molar-refractivity contribution is 0.918. The Morgan fingerprint density at radius 2 is 2.13 bits per heavy atom. The van der Waals surface area contributed by atoms with Crippen molar-refractivity contribution in [1.82, 2.24) is 20.4 Å². The van der Waals surface area contributed by atoms with Gasteiger partial charge >= 0.3 is 0 Å². The SMILES string of the molecule is CCc1nnc(Sc2ccc(Cl)nn2)s1. The minimum absolute atomic E-state index is 0.394. The summed E-state index contributed by atoms with van der Waals surface area (Å²) in [5, 5.41) is 17.9. The lowest BCUT2D eigenvalue weighted by atomic mass is 10.5. The van der Waals surface area contributed by atoms with E-state index in [-0.39, 0.29) is 0 Å². The molecule has 0 saturated heterocycles. The first-order valence-electron chi connectivity index (χ1n) is 4.27. The molecule has 0 N–H and O–H groups in total. The van der Waals surface area contributed by atoms with Crippen LogP contribution in [-0.2, 0) is 6.42 Å². The zero-order valence-electron chi connectivity index (χ0n) is 7.85. The Morgan fingerprint density at radius 3 is 2.73 bits per heavy atom. The van der Waals surface area contributed by atoms with Gasteiger partial charge in [0.1, 0.15) is 10.0 Å². The van der Waals surface area contributed by atoms with Gasteiger partial charge in [-0.25, -0.2) is 0 Å². The molecule has 15 heavy (non-hydrogen) atoms. The molecule has 2 aromatic rings. The van der Waals surface area contributed by atoms with E-state index in [1.807, 2.05) is 6.07 Å². The topological polar surface area (TPSA) is 51.6 Å². The Hall–Kier alpha value is -0.720. The van der Waals surface area contributed by atoms with Crippen LogP contribution < -0.4 is 0 Å². The second-order valence-corrected chi connectivity index (χ2v) is 5.33. The highest BCUT2D eigenvalue weighted by Gasteiger charge is 2.05. The predicted octanol–water partition coefficient (Wildman–Crippen LogP) is 2.70. The number of rotatable bonds is 3. The molecule has 0 atom stereocenters. The van der Waals surface area contributed by atoms with Crippen molar-refractivity contribution in [1.29, 1.82) is 0 Å². The number of nitrogens with zero attached hydrogens (tertiary/aromatic N) is 4. The van der Waals surface area contributed by atoms with Gasteiger partial charge in [0.25, 0.3) is 0 Å². The Morgan fingerprint density at radius 1 is 1.27 bits per heavy atom. The van der Waals surface area contributed by atoms with Crippen molar-refractivity contribution in [2.75, 3.05) is 0 Å². The van der Waals surface area contributed by atoms with Crippen LogP contribution in [0.2, 0.25) is 5.15 Å². The van der Waals surface area contributed by atoms with Crippen molar-refractivity contribution in [3.8, 4) is 0 Å². The van der Waals surface area contributed by atoms with Crippen molar-refractivity contribution in [3.05, 3.63) is 22.3 Å². The number of halogens is 1. The molecule has 0 unspecified atom stereocenters. The van der Waals surface area contributed by atoms with Crippen LogP contribution in [0.25, 0.3) is 0 Å². The molecule has 0 bridgehead atoms. The predicted molar refractivity (Wildman–Crippen MR) is 60.5 cm³/mol. The number of aromatic nitrogens is 4. The van der Waals surface area contributed by atoms with E-state index in [2.05, 4.69) is 27.3 Å². The van der Waals surface area contributed by atoms with E-state index in [9.17, 15) is 0 Å². The van der Waals surface area contributed by atoms with E-state index in [0.29, 0.717) is 5.15 Å². The maximum atomic E-state index is 5.63. The van der Waals surface area contributed by atoms with Crippen molar-refractivity contribution in [3.63, 3.8) is 0 Å². The minimum Gasteiger partial charge on any atom is -0.143 e. The summed E-state index contributed by atoms with van der Waals surface area (Å²) < 4.78 is 0.878. The van der Waals surface area contributed by atoms with E-state index in [1.165, 1.54) is 11.8 Å². The maximum absolute atomic E-state index is 5.63. The maximum Gasteiger partial charge on any atom is 0.180 e. The van der Waals surface area contributed by atoms with E-state index >= 15 is 0 Å². The molecule has 2 rings (SSSR count). The van der Waals surface area contributed by atoms with Gasteiger partial charge in [0.05, 0.1) is 0 Å². The van der Waals surface area contributed by atoms with Gasteiger partial charge in [0, 0.05) is 0 Å². The first kappa shape index (κ1) is 10.8. The number of hydrogen-bond donors (Lipinski definition) is 0. The molecule has 0 aliphatic rings. The zero-order chi connectivity index (χ0) is 10.7. The lowest BCUT2D eigenvalue weighted by Crippen LogP contribution is -1.84. The molecule has 0 spiro atoms. The third-order valence-electron chi connectivity index (χ3n) is 1.55. The summed E-state index contributed by atoms with van der Waals surface area (Å²) >= 11 is 8.65. The van der Waals surface area contributed by atoms with E-state index in [0.717, 1.165) is 20.8 Å². The van der Waals surface area contributed by atoms with Crippen LogP contribution in [0.4, 0.5) is 0 Å². The zero-order valence-corrected chi connectivity index (χ0v) is 10.2. The van der Waals surface area contributed by atoms with E-state index in [1.54, 1.807) is 17.4 Å². The Labute approximate surface area is 100 Å². The van der Waals surface area contributed by atoms with Gasteiger partial charge in [0.2, 0.25) is 0 Å². The van der Waals surface area contributed by atoms with Crippen LogP contribution in [0, 0.1) is 0 Å². The van der Waals surface area contributed by atoms with Gasteiger partial charge in [-0.15, -0.1) is 20.4 Å². The average Bonchev–Trinajstić information content (AvgIpc) is 2.69. The highest BCUT2D eigenvalue weighted by molar-refractivity contribution is 8.01. The molecule has 0 fully saturated rings. The Balaban J connectivity index is 2.11. The fourth-order valence-corrected chi connectivity index (χ4v) is 2.67. The van der Waals surface area contributed by atoms with Crippen LogP contribution in [-0.4, -0.2) is 20.4 Å². The minimum atomic E-state index is 0.394. The third-order valence-corrected chi connectivity index (χ3v) is 3.80. The highest BCUT2D eigenvalue weighted by Crippen LogP contribution is 2.28. The second kappa shape index (κ2) is 4.87. The fourth-order valence-electron chi connectivity index (χ4n) is 0.870. The van der Waals surface area contributed by atoms with Gasteiger partial charge in [-0.05, 0) is 30.3 Å². The average molecular weight is 259 g/mol. The smallest absolute Gasteiger partial charge is 0.143 e. The Bertz CT molecular complexity index is 442. The van der Waals surface area contributed by atoms with Gasteiger partial charge in [-0.3, -0.25) is 0 Å². The molecule has 7 heteroatoms. The summed E-state index contributed by atoms with van der Waals surface area (Å²) in [5.74, 6) is 0. The normalized spacial score (nSPS) is 10.5. The quantitative estimate of drug-likeness (QED) is 0.847. The van der Waals surface area contributed by atoms with Crippen LogP contribution in [0.3, 0.4) is 0 Å². The largest absolute Gasteiger partial charge is 0.180 e. The summed E-state index contributed by atoms with van der Waals surface area (Å²) in [6.45, 7) is 2.05. The number of aryl methyl sites for hydroxylation is 1. The van der Waals surface area contributed by atoms with E-state index in [4.69, 9.17) is 11.6 Å². The van der Waals surface area contributed by atoms with Crippen molar-refractivity contribution in [2.45, 2.75) is 22.7 Å². The van der Waals surface area contributed by atoms with Crippen molar-refractivity contribution in [2.24, 2.45) is 0 Å². The molecule has 0 amide bonds. The summed E-state index contributed by atoms with van der Waals surface area (Å²) in [7, 11) is 0. The molecule has 78 valence electrons. The molecule has 0 aliphatic heterocycles. The number of hydrogen-bond acceptors (Lipinski definition) is 6. The first-order valence-corrected chi connectivity index (χ1v) is 6.28. The standard InChI is InChI=1S/C8H7ClN4S2/c1-2-6-11-13-8(14-6)15-7-4-3-5(9)10-12-7/h3-4H,2H2,1H3. The molecule has 0 saturated carbocycles. The summed E-state index contributed by atoms with van der Waals surface area (Å²) in [5.41, 5.74) is 0. The molecule has 2 heterocycles. The second-order valence-electron chi connectivity index (χ2n) is 2.61. The van der Waals surface area contributed by atoms with Gasteiger partial charge < -0.3 is 0 Å². The van der Waals surface area contributed by atoms with Gasteiger partial charge in [-0.1, -0.05) is 29.9 Å². The summed E-state index contributed by atoms with van der Waals surface area (Å²) in [6.07, 6.45) is 0.907. The van der Waals surface area contributed by atoms with Gasteiger partial charge in [0.15, 0.2) is 9.49 Å². The monoisotopic (exact) mass is 258 g/mol. The molecule has 0 radical (unpaired) electrons. The molecular formula is C8H7ClN4S2. The van der Waals surface area contributed by atoms with Crippen molar-refractivity contribution >= 4 is 34.7 Å². The van der Waals surface area contributed by atoms with Gasteiger partial charge in [-0.2, -0.15) is 0 Å². The lowest BCUT2D eigenvalue weighted by Gasteiger charge is -1.93. The van der Waals surface area contributed by atoms with E-state index < -0.39 is 0 Å².